The minimum atomic E-state index is 0.267. The maximum absolute atomic E-state index is 9.01. The summed E-state index contributed by atoms with van der Waals surface area (Å²) in [7, 11) is 0. The van der Waals surface area contributed by atoms with Crippen LogP contribution in [0.2, 0.25) is 0 Å². The average molecular weight is 222 g/mol. The van der Waals surface area contributed by atoms with Gasteiger partial charge in [-0.05, 0) is 31.7 Å². The van der Waals surface area contributed by atoms with Crippen LogP contribution < -0.4 is 5.32 Å². The van der Waals surface area contributed by atoms with Crippen LogP contribution in [0.3, 0.4) is 0 Å². The van der Waals surface area contributed by atoms with Crippen LogP contribution in [0, 0.1) is 23.2 Å². The summed E-state index contributed by atoms with van der Waals surface area (Å²) in [5.41, 5.74) is 0. The molecule has 0 aromatic carbocycles. The van der Waals surface area contributed by atoms with Crippen LogP contribution in [0.5, 0.6) is 0 Å². The van der Waals surface area contributed by atoms with E-state index in [4.69, 9.17) is 5.26 Å². The molecule has 1 N–H and O–H groups in total. The zero-order valence-corrected chi connectivity index (χ0v) is 10.8. The molecule has 1 fully saturated rings. The zero-order chi connectivity index (χ0) is 11.8. The third-order valence-electron chi connectivity index (χ3n) is 3.89. The third-order valence-corrected chi connectivity index (χ3v) is 3.89. The molecule has 0 aromatic heterocycles. The van der Waals surface area contributed by atoms with Crippen LogP contribution in [-0.2, 0) is 0 Å². The van der Waals surface area contributed by atoms with Gasteiger partial charge in [0, 0.05) is 6.04 Å². The highest BCUT2D eigenvalue weighted by atomic mass is 14.9. The van der Waals surface area contributed by atoms with Crippen molar-refractivity contribution in [2.24, 2.45) is 11.8 Å². The van der Waals surface area contributed by atoms with Gasteiger partial charge >= 0.3 is 0 Å². The highest BCUT2D eigenvalue weighted by Gasteiger charge is 2.26. The molecule has 0 saturated heterocycles. The fourth-order valence-electron chi connectivity index (χ4n) is 2.62. The summed E-state index contributed by atoms with van der Waals surface area (Å²) in [6.07, 6.45) is 8.75. The molecular weight excluding hydrogens is 196 g/mol. The average Bonchev–Trinajstić information content (AvgIpc) is 2.77. The van der Waals surface area contributed by atoms with Crippen LogP contribution in [-0.4, -0.2) is 12.6 Å². The third kappa shape index (κ3) is 4.14. The number of hydrogen-bond donors (Lipinski definition) is 1. The first kappa shape index (κ1) is 13.5. The summed E-state index contributed by atoms with van der Waals surface area (Å²) in [6.45, 7) is 5.64. The van der Waals surface area contributed by atoms with E-state index in [1.165, 1.54) is 38.5 Å². The molecule has 0 heterocycles. The normalized spacial score (nSPS) is 26.6. The lowest BCUT2D eigenvalue weighted by atomic mass is 9.98. The summed E-state index contributed by atoms with van der Waals surface area (Å²) in [5.74, 6) is 1.07. The Balaban J connectivity index is 2.23. The van der Waals surface area contributed by atoms with Crippen LogP contribution >= 0.6 is 0 Å². The molecule has 92 valence electrons. The van der Waals surface area contributed by atoms with Gasteiger partial charge in [0.1, 0.15) is 0 Å². The first-order chi connectivity index (χ1) is 7.81. The van der Waals surface area contributed by atoms with E-state index in [1.54, 1.807) is 0 Å². The molecule has 1 aliphatic carbocycles. The van der Waals surface area contributed by atoms with E-state index in [0.717, 1.165) is 18.9 Å². The summed E-state index contributed by atoms with van der Waals surface area (Å²) in [6, 6.07) is 2.91. The minimum Gasteiger partial charge on any atom is -0.312 e. The Kier molecular flexibility index (Phi) is 6.49. The molecule has 1 saturated carbocycles. The molecule has 0 bridgehead atoms. The fourth-order valence-corrected chi connectivity index (χ4v) is 2.62. The number of unbranched alkanes of at least 4 members (excludes halogenated alkanes) is 1. The van der Waals surface area contributed by atoms with Crippen molar-refractivity contribution in [2.45, 2.75) is 64.8 Å². The predicted molar refractivity (Wildman–Crippen MR) is 68.1 cm³/mol. The van der Waals surface area contributed by atoms with Crippen LogP contribution in [0.1, 0.15) is 58.8 Å². The van der Waals surface area contributed by atoms with Crippen molar-refractivity contribution in [3.8, 4) is 6.07 Å². The Labute approximate surface area is 100 Å². The molecule has 0 aromatic rings. The Morgan fingerprint density at radius 2 is 2.19 bits per heavy atom. The molecule has 3 unspecified atom stereocenters. The van der Waals surface area contributed by atoms with Crippen molar-refractivity contribution in [2.75, 3.05) is 6.54 Å². The largest absolute Gasteiger partial charge is 0.312 e. The van der Waals surface area contributed by atoms with E-state index in [2.05, 4.69) is 25.2 Å². The van der Waals surface area contributed by atoms with Crippen molar-refractivity contribution >= 4 is 0 Å². The van der Waals surface area contributed by atoms with Gasteiger partial charge in [0.25, 0.3) is 0 Å². The summed E-state index contributed by atoms with van der Waals surface area (Å²) in [4.78, 5) is 0. The molecule has 0 spiro atoms. The van der Waals surface area contributed by atoms with Gasteiger partial charge in [-0.1, -0.05) is 39.5 Å². The van der Waals surface area contributed by atoms with Crippen molar-refractivity contribution in [3.05, 3.63) is 0 Å². The van der Waals surface area contributed by atoms with Gasteiger partial charge in [-0.25, -0.2) is 0 Å². The topological polar surface area (TPSA) is 35.8 Å². The van der Waals surface area contributed by atoms with Gasteiger partial charge in [0.05, 0.1) is 12.0 Å². The molecule has 0 aliphatic heterocycles. The molecule has 2 nitrogen and oxygen atoms in total. The minimum absolute atomic E-state index is 0.267. The molecule has 0 amide bonds. The maximum atomic E-state index is 9.01. The molecule has 16 heavy (non-hydrogen) atoms. The van der Waals surface area contributed by atoms with Crippen LogP contribution in [0.15, 0.2) is 0 Å². The SMILES string of the molecule is CCCCC(CC)CNC1CCCC1C#N. The van der Waals surface area contributed by atoms with Gasteiger partial charge in [0.15, 0.2) is 0 Å². The van der Waals surface area contributed by atoms with Crippen LogP contribution in [0.4, 0.5) is 0 Å². The van der Waals surface area contributed by atoms with Gasteiger partial charge in [-0.3, -0.25) is 0 Å². The smallest absolute Gasteiger partial charge is 0.0672 e. The zero-order valence-electron chi connectivity index (χ0n) is 10.8. The fraction of sp³-hybridized carbons (Fsp3) is 0.929. The Hall–Kier alpha value is -0.550. The lowest BCUT2D eigenvalue weighted by Crippen LogP contribution is -2.35. The summed E-state index contributed by atoms with van der Waals surface area (Å²) < 4.78 is 0. The molecule has 0 radical (unpaired) electrons. The Bertz CT molecular complexity index is 219. The number of hydrogen-bond acceptors (Lipinski definition) is 2. The van der Waals surface area contributed by atoms with Crippen molar-refractivity contribution in [3.63, 3.8) is 0 Å². The van der Waals surface area contributed by atoms with Crippen molar-refractivity contribution in [1.29, 1.82) is 5.26 Å². The Morgan fingerprint density at radius 1 is 1.38 bits per heavy atom. The van der Waals surface area contributed by atoms with Crippen LogP contribution in [0.25, 0.3) is 0 Å². The first-order valence-corrected chi connectivity index (χ1v) is 6.94. The predicted octanol–water partition coefficient (Wildman–Crippen LogP) is 3.48. The maximum Gasteiger partial charge on any atom is 0.0672 e. The highest BCUT2D eigenvalue weighted by Crippen LogP contribution is 2.25. The number of nitrogens with one attached hydrogen (secondary N) is 1. The molecule has 3 atom stereocenters. The standard InChI is InChI=1S/C14H26N2/c1-3-5-7-12(4-2)11-16-14-9-6-8-13(14)10-15/h12-14,16H,3-9,11H2,1-2H3. The first-order valence-electron chi connectivity index (χ1n) is 6.94. The summed E-state index contributed by atoms with van der Waals surface area (Å²) >= 11 is 0. The summed E-state index contributed by atoms with van der Waals surface area (Å²) in [5, 5.41) is 12.6. The van der Waals surface area contributed by atoms with E-state index in [-0.39, 0.29) is 5.92 Å². The Morgan fingerprint density at radius 3 is 2.81 bits per heavy atom. The van der Waals surface area contributed by atoms with E-state index in [1.807, 2.05) is 0 Å². The second-order valence-electron chi connectivity index (χ2n) is 5.10. The van der Waals surface area contributed by atoms with Gasteiger partial charge in [-0.15, -0.1) is 0 Å². The number of nitriles is 1. The molecule has 1 aliphatic rings. The van der Waals surface area contributed by atoms with E-state index in [9.17, 15) is 0 Å². The molecule has 1 rings (SSSR count). The van der Waals surface area contributed by atoms with E-state index in [0.29, 0.717) is 6.04 Å². The second-order valence-corrected chi connectivity index (χ2v) is 5.10. The quantitative estimate of drug-likeness (QED) is 0.716. The van der Waals surface area contributed by atoms with Gasteiger partial charge in [-0.2, -0.15) is 5.26 Å². The monoisotopic (exact) mass is 222 g/mol. The molecule has 2 heteroatoms. The lowest BCUT2D eigenvalue weighted by molar-refractivity contribution is 0.371. The van der Waals surface area contributed by atoms with Gasteiger partial charge in [0.2, 0.25) is 0 Å². The van der Waals surface area contributed by atoms with E-state index >= 15 is 0 Å². The second kappa shape index (κ2) is 7.68. The highest BCUT2D eigenvalue weighted by molar-refractivity contribution is 4.96. The van der Waals surface area contributed by atoms with Crippen molar-refractivity contribution in [1.82, 2.24) is 5.32 Å². The molecular formula is C14H26N2. The number of rotatable bonds is 7. The van der Waals surface area contributed by atoms with Gasteiger partial charge < -0.3 is 5.32 Å². The van der Waals surface area contributed by atoms with E-state index < -0.39 is 0 Å². The number of nitrogens with zero attached hydrogens (tertiary/aromatic N) is 1. The van der Waals surface area contributed by atoms with Crippen molar-refractivity contribution < 1.29 is 0 Å². The lowest BCUT2D eigenvalue weighted by Gasteiger charge is -2.20.